The number of ether oxygens (including phenoxy) is 2. The first kappa shape index (κ1) is 30.0. The zero-order valence-corrected chi connectivity index (χ0v) is 19.6. The third-order valence-electron chi connectivity index (χ3n) is 4.00. The number of alkyl halides is 6. The molecule has 2 unspecified atom stereocenters. The van der Waals surface area contributed by atoms with Crippen molar-refractivity contribution >= 4 is 34.1 Å². The van der Waals surface area contributed by atoms with Gasteiger partial charge in [-0.2, -0.15) is 26.3 Å². The fourth-order valence-electron chi connectivity index (χ4n) is 2.53. The van der Waals surface area contributed by atoms with Crippen LogP contribution < -0.4 is 9.47 Å². The second-order valence-corrected chi connectivity index (χ2v) is 7.65. The molecule has 10 nitrogen and oxygen atoms in total. The van der Waals surface area contributed by atoms with E-state index in [2.05, 4.69) is 18.9 Å². The molecule has 0 saturated heterocycles. The molecule has 2 atom stereocenters. The number of hydrogen-bond acceptors (Lipinski definition) is 10. The molecule has 0 radical (unpaired) electrons. The molecule has 2 aromatic carbocycles. The summed E-state index contributed by atoms with van der Waals surface area (Å²) >= 11 is -6.56. The van der Waals surface area contributed by atoms with Crippen molar-refractivity contribution < 1.29 is 61.9 Å². The molecule has 0 fully saturated rings. The van der Waals surface area contributed by atoms with Crippen LogP contribution in [0.5, 0.6) is 11.5 Å². The maximum Gasteiger partial charge on any atom is 0.437 e. The summed E-state index contributed by atoms with van der Waals surface area (Å²) in [6.07, 6.45) is -9.69. The summed E-state index contributed by atoms with van der Waals surface area (Å²) in [5.74, 6) is 0.367. The third-order valence-corrected chi connectivity index (χ3v) is 4.39. The van der Waals surface area contributed by atoms with Crippen LogP contribution in [0.1, 0.15) is 17.5 Å². The first-order valence-electron chi connectivity index (χ1n) is 9.57. The molecule has 0 N–H and O–H groups in total. The van der Waals surface area contributed by atoms with Gasteiger partial charge in [0.05, 0.1) is 13.2 Å². The summed E-state index contributed by atoms with van der Waals surface area (Å²) < 4.78 is 137. The van der Waals surface area contributed by atoms with Crippen molar-refractivity contribution in [3.63, 3.8) is 0 Å². The Hall–Kier alpha value is -3.22. The maximum atomic E-state index is 13.0. The van der Waals surface area contributed by atoms with Crippen LogP contribution in [-0.4, -0.2) is 54.5 Å². The number of halogens is 6. The van der Waals surface area contributed by atoms with Crippen molar-refractivity contribution in [3.8, 4) is 11.5 Å². The minimum Gasteiger partial charge on any atom is -0.738 e. The van der Waals surface area contributed by atoms with Crippen LogP contribution >= 0.6 is 0 Å². The number of benzene rings is 2. The Kier molecular flexibility index (Phi) is 10.8. The van der Waals surface area contributed by atoms with Gasteiger partial charge in [-0.3, -0.25) is 0 Å². The van der Waals surface area contributed by atoms with Crippen LogP contribution in [0.4, 0.5) is 26.3 Å². The average Bonchev–Trinajstić information content (AvgIpc) is 2.79. The number of nitrogens with zero attached hydrogens (tertiary/aromatic N) is 2. The Morgan fingerprint density at radius 1 is 0.676 bits per heavy atom. The molecule has 37 heavy (non-hydrogen) atoms. The molecule has 0 heterocycles. The van der Waals surface area contributed by atoms with Crippen LogP contribution in [0.3, 0.4) is 0 Å². The van der Waals surface area contributed by atoms with E-state index in [-0.39, 0.29) is 31.1 Å². The zero-order chi connectivity index (χ0) is 27.6. The molecular formula is C19H14F6N2O8S2-2. The van der Waals surface area contributed by atoms with Crippen LogP contribution in [0, 0.1) is 0 Å². The normalized spacial score (nSPS) is 14.6. The quantitative estimate of drug-likeness (QED) is 0.122. The molecule has 0 aliphatic carbocycles. The van der Waals surface area contributed by atoms with Crippen molar-refractivity contribution in [3.05, 3.63) is 59.7 Å². The van der Waals surface area contributed by atoms with E-state index in [9.17, 15) is 43.9 Å². The standard InChI is InChI=1S/C19H16F6N2O8S2/c20-18(21,22)16(26-34-36(28)29)12-2-6-14(7-3-12)32-10-1-11-33-15-8-4-13(5-9-15)17(19(23,24)25)27-35-37(30)31/h2-9H,1,10-11H2,(H,28,29)(H,30,31)/p-2/b26-16-,27-17-. The molecule has 0 aliphatic rings. The van der Waals surface area contributed by atoms with Crippen molar-refractivity contribution in [2.75, 3.05) is 13.2 Å². The molecule has 0 amide bonds. The van der Waals surface area contributed by atoms with E-state index in [4.69, 9.17) is 9.47 Å². The predicted molar refractivity (Wildman–Crippen MR) is 114 cm³/mol. The highest BCUT2D eigenvalue weighted by Crippen LogP contribution is 2.26. The summed E-state index contributed by atoms with van der Waals surface area (Å²) in [4.78, 5) is 0. The second kappa shape index (κ2) is 13.4. The van der Waals surface area contributed by atoms with Gasteiger partial charge < -0.3 is 27.1 Å². The van der Waals surface area contributed by atoms with E-state index >= 15 is 0 Å². The summed E-state index contributed by atoms with van der Waals surface area (Å²) in [6.45, 7) is 0.120. The van der Waals surface area contributed by atoms with E-state index in [0.717, 1.165) is 24.3 Å². The van der Waals surface area contributed by atoms with Gasteiger partial charge in [0.15, 0.2) is 34.1 Å². The lowest BCUT2D eigenvalue weighted by Crippen LogP contribution is -2.24. The fourth-order valence-corrected chi connectivity index (χ4v) is 2.80. The molecule has 0 aliphatic heterocycles. The lowest BCUT2D eigenvalue weighted by molar-refractivity contribution is -0.0606. The molecular weight excluding hydrogens is 562 g/mol. The highest BCUT2D eigenvalue weighted by atomic mass is 32.2. The Morgan fingerprint density at radius 2 is 1.00 bits per heavy atom. The highest BCUT2D eigenvalue weighted by molar-refractivity contribution is 7.74. The van der Waals surface area contributed by atoms with E-state index in [0.29, 0.717) is 0 Å². The number of hydrogen-bond donors (Lipinski definition) is 0. The Morgan fingerprint density at radius 3 is 1.27 bits per heavy atom. The van der Waals surface area contributed by atoms with Gasteiger partial charge in [-0.05, 0) is 48.5 Å². The van der Waals surface area contributed by atoms with Crippen molar-refractivity contribution in [2.24, 2.45) is 10.3 Å². The highest BCUT2D eigenvalue weighted by Gasteiger charge is 2.38. The number of rotatable bonds is 12. The van der Waals surface area contributed by atoms with Crippen molar-refractivity contribution in [1.82, 2.24) is 0 Å². The topological polar surface area (TPSA) is 142 Å². The number of oxime groups is 2. The van der Waals surface area contributed by atoms with Crippen molar-refractivity contribution in [1.29, 1.82) is 0 Å². The summed E-state index contributed by atoms with van der Waals surface area (Å²) in [5, 5.41) is 5.16. The predicted octanol–water partition coefficient (Wildman–Crippen LogP) is 3.69. The van der Waals surface area contributed by atoms with Crippen LogP contribution in [0.2, 0.25) is 0 Å². The monoisotopic (exact) mass is 576 g/mol. The molecule has 0 bridgehead atoms. The average molecular weight is 576 g/mol. The molecule has 0 aromatic heterocycles. The lowest BCUT2D eigenvalue weighted by atomic mass is 10.1. The van der Waals surface area contributed by atoms with Crippen LogP contribution in [0.25, 0.3) is 0 Å². The molecule has 0 spiro atoms. The van der Waals surface area contributed by atoms with Gasteiger partial charge in [0.2, 0.25) is 0 Å². The maximum absolute atomic E-state index is 13.0. The Bertz CT molecular complexity index is 1050. The van der Waals surface area contributed by atoms with Gasteiger partial charge in [-0.1, -0.05) is 10.3 Å². The minimum atomic E-state index is -4.98. The zero-order valence-electron chi connectivity index (χ0n) is 18.0. The van der Waals surface area contributed by atoms with Gasteiger partial charge >= 0.3 is 12.4 Å². The van der Waals surface area contributed by atoms with Gasteiger partial charge in [0.1, 0.15) is 11.5 Å². The summed E-state index contributed by atoms with van der Waals surface area (Å²) in [7, 11) is 0. The molecule has 0 saturated carbocycles. The first-order chi connectivity index (χ1) is 17.3. The molecule has 204 valence electrons. The van der Waals surface area contributed by atoms with Gasteiger partial charge in [-0.25, -0.2) is 8.42 Å². The van der Waals surface area contributed by atoms with Gasteiger partial charge in [0, 0.05) is 17.5 Å². The van der Waals surface area contributed by atoms with E-state index in [1.807, 2.05) is 0 Å². The Balaban J connectivity index is 1.87. The van der Waals surface area contributed by atoms with Crippen molar-refractivity contribution in [2.45, 2.75) is 18.8 Å². The Labute approximate surface area is 209 Å². The summed E-state index contributed by atoms with van der Waals surface area (Å²) in [5.41, 5.74) is -4.07. The summed E-state index contributed by atoms with van der Waals surface area (Å²) in [6, 6.07) is 8.74. The molecule has 18 heteroatoms. The van der Waals surface area contributed by atoms with E-state index in [1.54, 1.807) is 0 Å². The smallest absolute Gasteiger partial charge is 0.437 e. The molecule has 2 aromatic rings. The van der Waals surface area contributed by atoms with Crippen LogP contribution in [-0.2, 0) is 31.3 Å². The van der Waals surface area contributed by atoms with E-state index < -0.39 is 57.6 Å². The molecule has 2 rings (SSSR count). The third kappa shape index (κ3) is 10.3. The first-order valence-corrected chi connectivity index (χ1v) is 11.6. The second-order valence-electron chi connectivity index (χ2n) is 6.53. The largest absolute Gasteiger partial charge is 0.738 e. The van der Waals surface area contributed by atoms with Gasteiger partial charge in [-0.15, -0.1) is 0 Å². The minimum absolute atomic E-state index is 0.0600. The fraction of sp³-hybridized carbons (Fsp3) is 0.263. The SMILES string of the molecule is O=S([O-])O/N=C(/c1ccc(OCCCOc2ccc(/C(=N/OS(=O)[O-])C(F)(F)F)cc2)cc1)C(F)(F)F. The van der Waals surface area contributed by atoms with Crippen LogP contribution in [0.15, 0.2) is 58.8 Å². The van der Waals surface area contributed by atoms with E-state index in [1.165, 1.54) is 24.3 Å². The lowest BCUT2D eigenvalue weighted by Gasteiger charge is -2.12. The van der Waals surface area contributed by atoms with Gasteiger partial charge in [0.25, 0.3) is 0 Å².